The summed E-state index contributed by atoms with van der Waals surface area (Å²) in [6.07, 6.45) is 1.34. The van der Waals surface area contributed by atoms with E-state index in [1.54, 1.807) is 0 Å². The molecular formula is C16H22BNO2. The number of nitriles is 1. The molecule has 0 atom stereocenters. The Bertz CT molecular complexity index is 530. The molecule has 1 aromatic rings. The SMILES string of the molecule is Cc1cc(CCC#N)ccc1B1OC(C)(C)C(C)(C)O1. The van der Waals surface area contributed by atoms with Crippen LogP contribution >= 0.6 is 0 Å². The summed E-state index contributed by atoms with van der Waals surface area (Å²) in [6, 6.07) is 8.42. The fourth-order valence-electron chi connectivity index (χ4n) is 2.33. The number of nitrogens with zero attached hydrogens (tertiary/aromatic N) is 1. The highest BCUT2D eigenvalue weighted by molar-refractivity contribution is 6.62. The van der Waals surface area contributed by atoms with E-state index in [0.29, 0.717) is 6.42 Å². The molecule has 0 bridgehead atoms. The number of aryl methyl sites for hydroxylation is 2. The van der Waals surface area contributed by atoms with Crippen LogP contribution in [-0.4, -0.2) is 18.3 Å². The predicted molar refractivity (Wildman–Crippen MR) is 80.8 cm³/mol. The lowest BCUT2D eigenvalue weighted by Gasteiger charge is -2.32. The van der Waals surface area contributed by atoms with E-state index in [1.165, 1.54) is 5.56 Å². The maximum atomic E-state index is 8.65. The minimum atomic E-state index is -0.316. The van der Waals surface area contributed by atoms with E-state index in [9.17, 15) is 0 Å². The van der Waals surface area contributed by atoms with Gasteiger partial charge in [0.1, 0.15) is 0 Å². The third-order valence-corrected chi connectivity index (χ3v) is 4.37. The molecule has 0 radical (unpaired) electrons. The Kier molecular flexibility index (Phi) is 3.95. The smallest absolute Gasteiger partial charge is 0.399 e. The minimum Gasteiger partial charge on any atom is -0.399 e. The van der Waals surface area contributed by atoms with Gasteiger partial charge in [-0.05, 0) is 52.1 Å². The largest absolute Gasteiger partial charge is 0.495 e. The Morgan fingerprint density at radius 1 is 1.15 bits per heavy atom. The van der Waals surface area contributed by atoms with Gasteiger partial charge in [0, 0.05) is 6.42 Å². The summed E-state index contributed by atoms with van der Waals surface area (Å²) in [4.78, 5) is 0. The molecule has 106 valence electrons. The van der Waals surface area contributed by atoms with Crippen LogP contribution in [0, 0.1) is 18.3 Å². The first-order chi connectivity index (χ1) is 9.27. The van der Waals surface area contributed by atoms with Gasteiger partial charge in [-0.25, -0.2) is 0 Å². The Morgan fingerprint density at radius 3 is 2.25 bits per heavy atom. The lowest BCUT2D eigenvalue weighted by molar-refractivity contribution is 0.00578. The highest BCUT2D eigenvalue weighted by atomic mass is 16.7. The molecule has 4 heteroatoms. The summed E-state index contributed by atoms with van der Waals surface area (Å²) >= 11 is 0. The molecule has 1 aliphatic rings. The van der Waals surface area contributed by atoms with Gasteiger partial charge in [-0.1, -0.05) is 23.8 Å². The highest BCUT2D eigenvalue weighted by Crippen LogP contribution is 2.36. The molecule has 0 saturated carbocycles. The number of rotatable bonds is 3. The van der Waals surface area contributed by atoms with Crippen LogP contribution in [0.4, 0.5) is 0 Å². The summed E-state index contributed by atoms with van der Waals surface area (Å²) in [6.45, 7) is 10.3. The molecule has 1 fully saturated rings. The second-order valence-electron chi connectivity index (χ2n) is 6.44. The minimum absolute atomic E-state index is 0.315. The Balaban J connectivity index is 2.21. The molecule has 0 N–H and O–H groups in total. The van der Waals surface area contributed by atoms with Crippen LogP contribution in [0.15, 0.2) is 18.2 Å². The van der Waals surface area contributed by atoms with Crippen molar-refractivity contribution in [2.45, 2.75) is 58.7 Å². The van der Waals surface area contributed by atoms with Crippen LogP contribution < -0.4 is 5.46 Å². The molecule has 0 aliphatic carbocycles. The maximum Gasteiger partial charge on any atom is 0.495 e. The quantitative estimate of drug-likeness (QED) is 0.794. The van der Waals surface area contributed by atoms with Crippen LogP contribution in [-0.2, 0) is 15.7 Å². The van der Waals surface area contributed by atoms with Crippen LogP contribution in [0.5, 0.6) is 0 Å². The molecule has 1 aromatic carbocycles. The van der Waals surface area contributed by atoms with E-state index < -0.39 is 0 Å². The topological polar surface area (TPSA) is 42.2 Å². The van der Waals surface area contributed by atoms with Crippen molar-refractivity contribution in [3.8, 4) is 6.07 Å². The molecular weight excluding hydrogens is 249 g/mol. The van der Waals surface area contributed by atoms with Crippen molar-refractivity contribution in [3.05, 3.63) is 29.3 Å². The van der Waals surface area contributed by atoms with Crippen molar-refractivity contribution in [1.29, 1.82) is 5.26 Å². The van der Waals surface area contributed by atoms with Crippen molar-refractivity contribution in [2.24, 2.45) is 0 Å². The molecule has 0 aromatic heterocycles. The molecule has 3 nitrogen and oxygen atoms in total. The van der Waals surface area contributed by atoms with Gasteiger partial charge in [-0.2, -0.15) is 5.26 Å². The Hall–Kier alpha value is -1.31. The summed E-state index contributed by atoms with van der Waals surface area (Å²) in [5, 5.41) is 8.65. The van der Waals surface area contributed by atoms with Crippen LogP contribution in [0.1, 0.15) is 45.2 Å². The van der Waals surface area contributed by atoms with Gasteiger partial charge < -0.3 is 9.31 Å². The predicted octanol–water partition coefficient (Wildman–Crippen LogP) is 2.75. The normalized spacial score (nSPS) is 19.9. The molecule has 0 unspecified atom stereocenters. The van der Waals surface area contributed by atoms with E-state index in [-0.39, 0.29) is 18.3 Å². The van der Waals surface area contributed by atoms with Gasteiger partial charge in [-0.3, -0.25) is 0 Å². The monoisotopic (exact) mass is 271 g/mol. The van der Waals surface area contributed by atoms with Gasteiger partial charge in [-0.15, -0.1) is 0 Å². The summed E-state index contributed by atoms with van der Waals surface area (Å²) in [5.41, 5.74) is 2.78. The molecule has 1 heterocycles. The van der Waals surface area contributed by atoms with Crippen LogP contribution in [0.3, 0.4) is 0 Å². The number of benzene rings is 1. The zero-order valence-electron chi connectivity index (χ0n) is 13.0. The molecule has 20 heavy (non-hydrogen) atoms. The first kappa shape index (κ1) is 15.1. The molecule has 1 aliphatic heterocycles. The first-order valence-corrected chi connectivity index (χ1v) is 7.09. The zero-order chi connectivity index (χ0) is 15.0. The van der Waals surface area contributed by atoms with Gasteiger partial charge in [0.2, 0.25) is 0 Å². The fourth-order valence-corrected chi connectivity index (χ4v) is 2.33. The van der Waals surface area contributed by atoms with Crippen LogP contribution in [0.25, 0.3) is 0 Å². The first-order valence-electron chi connectivity index (χ1n) is 7.09. The summed E-state index contributed by atoms with van der Waals surface area (Å²) in [7, 11) is -0.315. The molecule has 0 spiro atoms. The van der Waals surface area contributed by atoms with Crippen molar-refractivity contribution >= 4 is 12.6 Å². The molecule has 0 amide bonds. The average molecular weight is 271 g/mol. The number of hydrogen-bond donors (Lipinski definition) is 0. The van der Waals surface area contributed by atoms with E-state index in [4.69, 9.17) is 14.6 Å². The third-order valence-electron chi connectivity index (χ3n) is 4.37. The van der Waals surface area contributed by atoms with Crippen molar-refractivity contribution in [3.63, 3.8) is 0 Å². The Labute approximate surface area is 122 Å². The van der Waals surface area contributed by atoms with Crippen molar-refractivity contribution in [2.75, 3.05) is 0 Å². The second kappa shape index (κ2) is 5.23. The van der Waals surface area contributed by atoms with Gasteiger partial charge in [0.25, 0.3) is 0 Å². The number of hydrogen-bond acceptors (Lipinski definition) is 3. The maximum absolute atomic E-state index is 8.65. The van der Waals surface area contributed by atoms with Gasteiger partial charge in [0.05, 0.1) is 17.3 Å². The van der Waals surface area contributed by atoms with E-state index in [2.05, 4.69) is 58.9 Å². The summed E-state index contributed by atoms with van der Waals surface area (Å²) in [5.74, 6) is 0. The van der Waals surface area contributed by atoms with Crippen molar-refractivity contribution < 1.29 is 9.31 Å². The van der Waals surface area contributed by atoms with E-state index in [1.807, 2.05) is 0 Å². The standard InChI is InChI=1S/C16H22BNO2/c1-12-11-13(7-6-10-18)8-9-14(12)17-19-15(2,3)16(4,5)20-17/h8-9,11H,6-7H2,1-5H3. The second-order valence-corrected chi connectivity index (χ2v) is 6.44. The lowest BCUT2D eigenvalue weighted by Crippen LogP contribution is -2.41. The van der Waals surface area contributed by atoms with Gasteiger partial charge in [0.15, 0.2) is 0 Å². The lowest BCUT2D eigenvalue weighted by atomic mass is 9.75. The van der Waals surface area contributed by atoms with E-state index in [0.717, 1.165) is 17.4 Å². The molecule has 2 rings (SSSR count). The van der Waals surface area contributed by atoms with E-state index >= 15 is 0 Å². The third kappa shape index (κ3) is 2.75. The molecule has 1 saturated heterocycles. The fraction of sp³-hybridized carbons (Fsp3) is 0.562. The van der Waals surface area contributed by atoms with Crippen molar-refractivity contribution in [1.82, 2.24) is 0 Å². The summed E-state index contributed by atoms with van der Waals surface area (Å²) < 4.78 is 12.2. The van der Waals surface area contributed by atoms with Gasteiger partial charge >= 0.3 is 7.12 Å². The highest BCUT2D eigenvalue weighted by Gasteiger charge is 2.51. The average Bonchev–Trinajstić information content (AvgIpc) is 2.55. The Morgan fingerprint density at radius 2 is 1.75 bits per heavy atom. The van der Waals surface area contributed by atoms with Crippen LogP contribution in [0.2, 0.25) is 0 Å². The zero-order valence-corrected chi connectivity index (χ0v) is 13.0.